The fraction of sp³-hybridized carbons (Fsp3) is 0.314. The van der Waals surface area contributed by atoms with E-state index in [4.69, 9.17) is 9.47 Å². The summed E-state index contributed by atoms with van der Waals surface area (Å²) in [6, 6.07) is 20.5. The molecule has 0 radical (unpaired) electrons. The van der Waals surface area contributed by atoms with Crippen molar-refractivity contribution in [1.29, 1.82) is 0 Å². The van der Waals surface area contributed by atoms with Gasteiger partial charge in [0.1, 0.15) is 18.1 Å². The summed E-state index contributed by atoms with van der Waals surface area (Å²) >= 11 is 0. The predicted octanol–water partition coefficient (Wildman–Crippen LogP) is 7.82. The van der Waals surface area contributed by atoms with Crippen molar-refractivity contribution in [3.05, 3.63) is 113 Å². The highest BCUT2D eigenvalue weighted by molar-refractivity contribution is 6.05. The molecule has 0 fully saturated rings. The third-order valence-corrected chi connectivity index (χ3v) is 7.36. The average Bonchev–Trinajstić information content (AvgIpc) is 3.45. The number of carbonyl (C=O) groups is 2. The molecule has 0 aliphatic carbocycles. The highest BCUT2D eigenvalue weighted by atomic mass is 19.4. The van der Waals surface area contributed by atoms with Crippen molar-refractivity contribution in [2.24, 2.45) is 0 Å². The molecule has 0 saturated carbocycles. The number of rotatable bonds is 13. The maximum absolute atomic E-state index is 13.7. The highest BCUT2D eigenvalue weighted by Gasteiger charge is 2.34. The van der Waals surface area contributed by atoms with E-state index in [1.807, 2.05) is 66.9 Å². The second kappa shape index (κ2) is 14.8. The van der Waals surface area contributed by atoms with Gasteiger partial charge in [-0.25, -0.2) is 0 Å². The summed E-state index contributed by atoms with van der Waals surface area (Å²) < 4.78 is 58.9. The number of hydrogen-bond acceptors (Lipinski definition) is 5. The SMILES string of the molecule is COC(=O)Cc1ccc(C(F)(F)F)c(NC(=O)c2ccn(CCCc3ccc(OCc4ccc(OC)cc4)cc3)c2C(C)C)c1. The Balaban J connectivity index is 1.39. The molecule has 0 atom stereocenters. The lowest BCUT2D eigenvalue weighted by Crippen LogP contribution is -2.19. The fourth-order valence-electron chi connectivity index (χ4n) is 5.09. The van der Waals surface area contributed by atoms with Crippen LogP contribution in [-0.2, 0) is 41.7 Å². The van der Waals surface area contributed by atoms with Crippen molar-refractivity contribution in [2.45, 2.75) is 58.4 Å². The molecule has 0 bridgehead atoms. The van der Waals surface area contributed by atoms with Crippen LogP contribution < -0.4 is 14.8 Å². The second-order valence-electron chi connectivity index (χ2n) is 10.9. The summed E-state index contributed by atoms with van der Waals surface area (Å²) in [4.78, 5) is 25.0. The van der Waals surface area contributed by atoms with Crippen LogP contribution in [0.4, 0.5) is 18.9 Å². The van der Waals surface area contributed by atoms with Gasteiger partial charge in [-0.15, -0.1) is 0 Å². The van der Waals surface area contributed by atoms with Gasteiger partial charge in [-0.2, -0.15) is 13.2 Å². The summed E-state index contributed by atoms with van der Waals surface area (Å²) in [6.45, 7) is 4.94. The summed E-state index contributed by atoms with van der Waals surface area (Å²) in [5.74, 6) is 0.253. The molecule has 7 nitrogen and oxygen atoms in total. The standard InChI is InChI=1S/C35H37F3N2O5/c1-23(2)33-29(34(42)39-31-20-26(21-32(41)44-4)11-16-30(31)35(36,37)38)17-19-40(33)18-5-6-24-7-14-28(15-8-24)45-22-25-9-12-27(43-3)13-10-25/h7-17,19-20,23H,5-6,18,21-22H2,1-4H3,(H,39,42). The van der Waals surface area contributed by atoms with Crippen molar-refractivity contribution in [1.82, 2.24) is 4.57 Å². The van der Waals surface area contributed by atoms with Crippen molar-refractivity contribution in [2.75, 3.05) is 19.5 Å². The van der Waals surface area contributed by atoms with Gasteiger partial charge >= 0.3 is 12.1 Å². The Bertz CT molecular complexity index is 1590. The Hall–Kier alpha value is -4.73. The summed E-state index contributed by atoms with van der Waals surface area (Å²) in [5, 5.41) is 2.44. The number of alkyl halides is 3. The fourth-order valence-corrected chi connectivity index (χ4v) is 5.09. The topological polar surface area (TPSA) is 78.8 Å². The Morgan fingerprint density at radius 2 is 1.51 bits per heavy atom. The molecule has 238 valence electrons. The van der Waals surface area contributed by atoms with E-state index in [1.54, 1.807) is 19.4 Å². The van der Waals surface area contributed by atoms with Gasteiger partial charge in [0.25, 0.3) is 5.91 Å². The monoisotopic (exact) mass is 622 g/mol. The lowest BCUT2D eigenvalue weighted by Gasteiger charge is -2.17. The first-order valence-corrected chi connectivity index (χ1v) is 14.6. The van der Waals surface area contributed by atoms with Crippen LogP contribution in [0, 0.1) is 0 Å². The van der Waals surface area contributed by atoms with Gasteiger partial charge in [0.05, 0.1) is 37.5 Å². The third-order valence-electron chi connectivity index (χ3n) is 7.36. The predicted molar refractivity (Wildman–Crippen MR) is 166 cm³/mol. The average molecular weight is 623 g/mol. The molecule has 4 aromatic rings. The summed E-state index contributed by atoms with van der Waals surface area (Å²) in [6.07, 6.45) is -1.55. The first-order chi connectivity index (χ1) is 21.5. The molecule has 4 rings (SSSR count). The van der Waals surface area contributed by atoms with Crippen molar-refractivity contribution >= 4 is 17.6 Å². The minimum absolute atomic E-state index is 0.0596. The number of hydrogen-bond donors (Lipinski definition) is 1. The lowest BCUT2D eigenvalue weighted by molar-refractivity contribution is -0.139. The molecule has 0 aliphatic heterocycles. The normalized spacial score (nSPS) is 11.4. The number of methoxy groups -OCH3 is 2. The van der Waals surface area contributed by atoms with Crippen molar-refractivity contribution in [3.8, 4) is 11.5 Å². The van der Waals surface area contributed by atoms with E-state index in [0.717, 1.165) is 47.2 Å². The van der Waals surface area contributed by atoms with E-state index >= 15 is 0 Å². The number of carbonyl (C=O) groups excluding carboxylic acids is 2. The molecule has 45 heavy (non-hydrogen) atoms. The van der Waals surface area contributed by atoms with E-state index in [2.05, 4.69) is 10.1 Å². The Morgan fingerprint density at radius 3 is 2.13 bits per heavy atom. The van der Waals surface area contributed by atoms with E-state index in [9.17, 15) is 22.8 Å². The highest BCUT2D eigenvalue weighted by Crippen LogP contribution is 2.36. The molecular weight excluding hydrogens is 585 g/mol. The number of esters is 1. The molecule has 1 amide bonds. The van der Waals surface area contributed by atoms with Gasteiger partial charge in [0.15, 0.2) is 0 Å². The van der Waals surface area contributed by atoms with Gasteiger partial charge in [-0.1, -0.05) is 44.2 Å². The molecule has 3 aromatic carbocycles. The molecule has 0 unspecified atom stereocenters. The van der Waals surface area contributed by atoms with Gasteiger partial charge in [0, 0.05) is 18.4 Å². The second-order valence-corrected chi connectivity index (χ2v) is 10.9. The molecule has 1 heterocycles. The van der Waals surface area contributed by atoms with Crippen LogP contribution in [0.1, 0.15) is 64.5 Å². The molecule has 1 N–H and O–H groups in total. The molecule has 0 saturated heterocycles. The van der Waals surface area contributed by atoms with Crippen LogP contribution in [0.15, 0.2) is 79.0 Å². The van der Waals surface area contributed by atoms with Gasteiger partial charge in [-0.3, -0.25) is 9.59 Å². The van der Waals surface area contributed by atoms with E-state index in [-0.39, 0.29) is 12.3 Å². The van der Waals surface area contributed by atoms with E-state index in [0.29, 0.717) is 24.3 Å². The molecular formula is C35H37F3N2O5. The number of ether oxygens (including phenoxy) is 3. The third kappa shape index (κ3) is 8.90. The molecule has 10 heteroatoms. The quantitative estimate of drug-likeness (QED) is 0.154. The number of halogens is 3. The number of amides is 1. The summed E-state index contributed by atoms with van der Waals surface area (Å²) in [7, 11) is 2.83. The van der Waals surface area contributed by atoms with Gasteiger partial charge in [-0.05, 0) is 77.9 Å². The first kappa shape index (κ1) is 33.2. The first-order valence-electron chi connectivity index (χ1n) is 14.6. The van der Waals surface area contributed by atoms with Crippen molar-refractivity contribution < 1.29 is 37.0 Å². The zero-order valence-electron chi connectivity index (χ0n) is 25.7. The van der Waals surface area contributed by atoms with Crippen LogP contribution in [0.5, 0.6) is 11.5 Å². The van der Waals surface area contributed by atoms with Gasteiger partial charge < -0.3 is 24.1 Å². The minimum atomic E-state index is -4.69. The number of nitrogens with one attached hydrogen (secondary N) is 1. The van der Waals surface area contributed by atoms with E-state index in [1.165, 1.54) is 19.2 Å². The van der Waals surface area contributed by atoms with Crippen molar-refractivity contribution in [3.63, 3.8) is 0 Å². The largest absolute Gasteiger partial charge is 0.497 e. The molecule has 0 aliphatic rings. The Morgan fingerprint density at radius 1 is 0.867 bits per heavy atom. The zero-order chi connectivity index (χ0) is 32.6. The smallest absolute Gasteiger partial charge is 0.418 e. The number of nitrogens with zero attached hydrogens (tertiary/aromatic N) is 1. The van der Waals surface area contributed by atoms with Crippen LogP contribution in [-0.4, -0.2) is 30.7 Å². The van der Waals surface area contributed by atoms with Crippen LogP contribution >= 0.6 is 0 Å². The maximum Gasteiger partial charge on any atom is 0.418 e. The Labute approximate surface area is 260 Å². The zero-order valence-corrected chi connectivity index (χ0v) is 25.7. The van der Waals surface area contributed by atoms with Crippen LogP contribution in [0.25, 0.3) is 0 Å². The molecule has 1 aromatic heterocycles. The maximum atomic E-state index is 13.7. The number of anilines is 1. The van der Waals surface area contributed by atoms with E-state index < -0.39 is 29.3 Å². The minimum Gasteiger partial charge on any atom is -0.497 e. The van der Waals surface area contributed by atoms with Crippen LogP contribution in [0.2, 0.25) is 0 Å². The molecule has 0 spiro atoms. The number of aromatic nitrogens is 1. The van der Waals surface area contributed by atoms with Gasteiger partial charge in [0.2, 0.25) is 0 Å². The summed E-state index contributed by atoms with van der Waals surface area (Å²) in [5.41, 5.74) is 2.09. The number of aryl methyl sites for hydroxylation is 2. The Kier molecular flexibility index (Phi) is 10.9. The lowest BCUT2D eigenvalue weighted by atomic mass is 10.0. The van der Waals surface area contributed by atoms with Crippen LogP contribution in [0.3, 0.4) is 0 Å². The number of benzene rings is 3.